The van der Waals surface area contributed by atoms with Gasteiger partial charge in [-0.25, -0.2) is 13.6 Å². The number of carbonyl (C=O) groups is 2. The van der Waals surface area contributed by atoms with E-state index < -0.39 is 17.6 Å². The second-order valence-corrected chi connectivity index (χ2v) is 5.25. The molecule has 21 heavy (non-hydrogen) atoms. The van der Waals surface area contributed by atoms with Crippen LogP contribution in [-0.2, 0) is 0 Å². The molecule has 0 aromatic heterocycles. The Morgan fingerprint density at radius 1 is 0.952 bits per heavy atom. The zero-order valence-electron chi connectivity index (χ0n) is 10.7. The molecule has 3 nitrogen and oxygen atoms in total. The number of carboxylic acid groups (broad SMARTS) is 1. The first-order chi connectivity index (χ1) is 9.95. The quantitative estimate of drug-likeness (QED) is 0.677. The summed E-state index contributed by atoms with van der Waals surface area (Å²) in [6.07, 6.45) is 0. The Morgan fingerprint density at radius 3 is 2.24 bits per heavy atom. The molecule has 0 saturated carbocycles. The van der Waals surface area contributed by atoms with Crippen LogP contribution in [0.15, 0.2) is 47.4 Å². The molecule has 0 unspecified atom stereocenters. The van der Waals surface area contributed by atoms with E-state index in [-0.39, 0.29) is 17.1 Å². The van der Waals surface area contributed by atoms with Crippen LogP contribution < -0.4 is 0 Å². The molecule has 1 N–H and O–H groups in total. The molecular weight excluding hydrogens is 298 g/mol. The Kier molecular flexibility index (Phi) is 4.70. The Balaban J connectivity index is 2.07. The molecule has 2 rings (SSSR count). The highest BCUT2D eigenvalue weighted by Crippen LogP contribution is 2.22. The van der Waals surface area contributed by atoms with Crippen LogP contribution in [-0.4, -0.2) is 22.6 Å². The normalized spacial score (nSPS) is 10.4. The summed E-state index contributed by atoms with van der Waals surface area (Å²) >= 11 is 1.03. The molecule has 0 spiro atoms. The van der Waals surface area contributed by atoms with Gasteiger partial charge in [0.1, 0.15) is 11.6 Å². The van der Waals surface area contributed by atoms with Crippen LogP contribution in [0, 0.1) is 11.6 Å². The highest BCUT2D eigenvalue weighted by Gasteiger charge is 2.10. The van der Waals surface area contributed by atoms with Crippen molar-refractivity contribution in [1.82, 2.24) is 0 Å². The molecule has 0 amide bonds. The van der Waals surface area contributed by atoms with Gasteiger partial charge in [0, 0.05) is 10.5 Å². The molecule has 0 bridgehead atoms. The number of ketones is 1. The highest BCUT2D eigenvalue weighted by molar-refractivity contribution is 8.00. The van der Waals surface area contributed by atoms with Gasteiger partial charge in [0.25, 0.3) is 0 Å². The van der Waals surface area contributed by atoms with Gasteiger partial charge < -0.3 is 5.11 Å². The van der Waals surface area contributed by atoms with Crippen LogP contribution in [0.25, 0.3) is 0 Å². The first-order valence-electron chi connectivity index (χ1n) is 5.91. The Hall–Kier alpha value is -2.21. The molecule has 0 radical (unpaired) electrons. The molecule has 6 heteroatoms. The summed E-state index contributed by atoms with van der Waals surface area (Å²) in [6, 6.07) is 8.47. The maximum atomic E-state index is 13.3. The molecule has 2 aromatic carbocycles. The third-order valence-corrected chi connectivity index (χ3v) is 3.63. The SMILES string of the molecule is O=C(O)c1cc(F)cc(SCC(=O)c2ccc(F)cc2)c1. The number of halogens is 2. The van der Waals surface area contributed by atoms with Gasteiger partial charge in [-0.2, -0.15) is 0 Å². The van der Waals surface area contributed by atoms with Crippen molar-refractivity contribution in [3.63, 3.8) is 0 Å². The molecule has 0 aliphatic heterocycles. The van der Waals surface area contributed by atoms with E-state index in [9.17, 15) is 18.4 Å². The number of thioether (sulfide) groups is 1. The van der Waals surface area contributed by atoms with Crippen molar-refractivity contribution >= 4 is 23.5 Å². The zero-order chi connectivity index (χ0) is 15.4. The summed E-state index contributed by atoms with van der Waals surface area (Å²) in [6.45, 7) is 0. The maximum absolute atomic E-state index is 13.3. The zero-order valence-corrected chi connectivity index (χ0v) is 11.5. The van der Waals surface area contributed by atoms with E-state index in [0.717, 1.165) is 23.9 Å². The summed E-state index contributed by atoms with van der Waals surface area (Å²) in [7, 11) is 0. The van der Waals surface area contributed by atoms with E-state index >= 15 is 0 Å². The lowest BCUT2D eigenvalue weighted by molar-refractivity contribution is 0.0696. The van der Waals surface area contributed by atoms with Gasteiger partial charge in [0.05, 0.1) is 11.3 Å². The summed E-state index contributed by atoms with van der Waals surface area (Å²) in [5, 5.41) is 8.84. The molecule has 0 fully saturated rings. The van der Waals surface area contributed by atoms with E-state index in [4.69, 9.17) is 5.11 Å². The van der Waals surface area contributed by atoms with Crippen LogP contribution >= 0.6 is 11.8 Å². The van der Waals surface area contributed by atoms with Crippen LogP contribution in [0.2, 0.25) is 0 Å². The van der Waals surface area contributed by atoms with Gasteiger partial charge in [-0.05, 0) is 42.5 Å². The highest BCUT2D eigenvalue weighted by atomic mass is 32.2. The van der Waals surface area contributed by atoms with Gasteiger partial charge in [-0.15, -0.1) is 11.8 Å². The summed E-state index contributed by atoms with van der Waals surface area (Å²) in [5.41, 5.74) is 0.172. The van der Waals surface area contributed by atoms with Crippen LogP contribution in [0.3, 0.4) is 0 Å². The average Bonchev–Trinajstić information content (AvgIpc) is 2.45. The second-order valence-electron chi connectivity index (χ2n) is 4.20. The topological polar surface area (TPSA) is 54.4 Å². The first-order valence-corrected chi connectivity index (χ1v) is 6.90. The van der Waals surface area contributed by atoms with Crippen molar-refractivity contribution in [3.8, 4) is 0 Å². The molecule has 0 atom stereocenters. The number of rotatable bonds is 5. The Bertz CT molecular complexity index is 684. The molecule has 0 aliphatic carbocycles. The number of carboxylic acids is 1. The lowest BCUT2D eigenvalue weighted by atomic mass is 10.1. The number of carbonyl (C=O) groups excluding carboxylic acids is 1. The molecule has 2 aromatic rings. The summed E-state index contributed by atoms with van der Waals surface area (Å²) in [4.78, 5) is 23.0. The largest absolute Gasteiger partial charge is 0.478 e. The number of hydrogen-bond acceptors (Lipinski definition) is 3. The third kappa shape index (κ3) is 4.13. The number of hydrogen-bond donors (Lipinski definition) is 1. The van der Waals surface area contributed by atoms with E-state index in [2.05, 4.69) is 0 Å². The Labute approximate surface area is 123 Å². The van der Waals surface area contributed by atoms with Crippen LogP contribution in [0.5, 0.6) is 0 Å². The van der Waals surface area contributed by atoms with E-state index in [0.29, 0.717) is 10.5 Å². The van der Waals surface area contributed by atoms with Gasteiger partial charge >= 0.3 is 5.97 Å². The van der Waals surface area contributed by atoms with Crippen molar-refractivity contribution in [2.75, 3.05) is 5.75 Å². The van der Waals surface area contributed by atoms with Gasteiger partial charge in [0.2, 0.25) is 0 Å². The lowest BCUT2D eigenvalue weighted by Crippen LogP contribution is -2.03. The lowest BCUT2D eigenvalue weighted by Gasteiger charge is -2.04. The smallest absolute Gasteiger partial charge is 0.335 e. The number of aromatic carboxylic acids is 1. The molecule has 0 heterocycles. The summed E-state index contributed by atoms with van der Waals surface area (Å²) in [5.74, 6) is -2.59. The summed E-state index contributed by atoms with van der Waals surface area (Å²) < 4.78 is 26.0. The van der Waals surface area contributed by atoms with Gasteiger partial charge in [-0.3, -0.25) is 4.79 Å². The maximum Gasteiger partial charge on any atom is 0.335 e. The molecular formula is C15H10F2O3S. The van der Waals surface area contributed by atoms with E-state index in [1.807, 2.05) is 0 Å². The van der Waals surface area contributed by atoms with Crippen molar-refractivity contribution in [2.45, 2.75) is 4.90 Å². The fourth-order valence-corrected chi connectivity index (χ4v) is 2.51. The van der Waals surface area contributed by atoms with E-state index in [1.165, 1.54) is 30.3 Å². The van der Waals surface area contributed by atoms with Crippen molar-refractivity contribution < 1.29 is 23.5 Å². The number of Topliss-reactive ketones (excluding diaryl/α,β-unsaturated/α-hetero) is 1. The minimum Gasteiger partial charge on any atom is -0.478 e. The first kappa shape index (κ1) is 15.2. The average molecular weight is 308 g/mol. The molecule has 108 valence electrons. The fourth-order valence-electron chi connectivity index (χ4n) is 1.64. The third-order valence-electron chi connectivity index (χ3n) is 2.65. The second kappa shape index (κ2) is 6.49. The van der Waals surface area contributed by atoms with Crippen molar-refractivity contribution in [2.24, 2.45) is 0 Å². The van der Waals surface area contributed by atoms with Gasteiger partial charge in [0.15, 0.2) is 5.78 Å². The fraction of sp³-hybridized carbons (Fsp3) is 0.0667. The van der Waals surface area contributed by atoms with Crippen molar-refractivity contribution in [3.05, 3.63) is 65.2 Å². The predicted molar refractivity (Wildman–Crippen MR) is 74.8 cm³/mol. The predicted octanol–water partition coefficient (Wildman–Crippen LogP) is 3.64. The minimum atomic E-state index is -1.23. The van der Waals surface area contributed by atoms with E-state index in [1.54, 1.807) is 0 Å². The Morgan fingerprint density at radius 2 is 1.62 bits per heavy atom. The standard InChI is InChI=1S/C15H10F2O3S/c16-11-3-1-9(2-4-11)14(18)8-21-13-6-10(15(19)20)5-12(17)7-13/h1-7H,8H2,(H,19,20). The van der Waals surface area contributed by atoms with Crippen LogP contribution in [0.4, 0.5) is 8.78 Å². The minimum absolute atomic E-state index is 0.00808. The molecule has 0 aliphatic rings. The number of benzene rings is 2. The molecule has 0 saturated heterocycles. The monoisotopic (exact) mass is 308 g/mol. The van der Waals surface area contributed by atoms with Gasteiger partial charge in [-0.1, -0.05) is 0 Å². The van der Waals surface area contributed by atoms with Crippen molar-refractivity contribution in [1.29, 1.82) is 0 Å². The van der Waals surface area contributed by atoms with Crippen LogP contribution in [0.1, 0.15) is 20.7 Å².